The van der Waals surface area contributed by atoms with Crippen LogP contribution in [0.25, 0.3) is 0 Å². The Morgan fingerprint density at radius 3 is 1.10 bits per heavy atom. The van der Waals surface area contributed by atoms with E-state index in [-0.39, 0.29) is 78.2 Å². The maximum absolute atomic E-state index is 11.1. The molecule has 0 amide bonds. The molecule has 0 atom stereocenters. The second kappa shape index (κ2) is 65.9. The quantitative estimate of drug-likeness (QED) is 0.0821. The van der Waals surface area contributed by atoms with Crippen molar-refractivity contribution in [2.45, 2.75) is 171 Å². The molecule has 0 saturated heterocycles. The number of esters is 2. The SMILES string of the molecule is C.C.C.C.C.C=C=C=C=C=C=C.CC.CC.CC(=O)c1cc(Br)c(Br)s1.CCC(=O)OC(C)(C)C.CCC(=O)OC(C)(C)C.CCC(=O)c1cc(Br)c(Br)s1.CN(C)CCCN.O=C(O)c1cc(Br)c(Br)s1.[B][B]B([B])B([B])[B]. The van der Waals surface area contributed by atoms with E-state index >= 15 is 0 Å². The van der Waals surface area contributed by atoms with Crippen LogP contribution in [0, 0.1) is 0 Å². The van der Waals surface area contributed by atoms with E-state index in [4.69, 9.17) is 51.3 Å². The lowest BCUT2D eigenvalue weighted by atomic mass is 8.76. The van der Waals surface area contributed by atoms with E-state index in [0.29, 0.717) is 24.1 Å². The summed E-state index contributed by atoms with van der Waals surface area (Å²) in [6.07, 6.45) is 1.66. The lowest BCUT2D eigenvalue weighted by molar-refractivity contribution is -0.155. The third-order valence-corrected chi connectivity index (χ3v) is 16.2. The summed E-state index contributed by atoms with van der Waals surface area (Å²) < 4.78 is 15.3. The first-order chi connectivity index (χ1) is 34.1. The number of thiophene rings is 3. The van der Waals surface area contributed by atoms with Gasteiger partial charge in [0.15, 0.2) is 11.6 Å². The zero-order chi connectivity index (χ0) is 60.0. The van der Waals surface area contributed by atoms with Gasteiger partial charge in [-0.15, -0.1) is 34.0 Å². The van der Waals surface area contributed by atoms with E-state index < -0.39 is 12.4 Å². The third-order valence-electron chi connectivity index (χ3n) is 6.28. The molecule has 3 rings (SSSR count). The maximum Gasteiger partial charge on any atom is 0.345 e. The van der Waals surface area contributed by atoms with Crippen LogP contribution in [-0.4, -0.2) is 129 Å². The third kappa shape index (κ3) is 72.8. The van der Waals surface area contributed by atoms with Gasteiger partial charge < -0.3 is 25.2 Å². The molecule has 3 N–H and O–H groups in total. The maximum atomic E-state index is 11.1. The Hall–Kier alpha value is -1.26. The highest BCUT2D eigenvalue weighted by Gasteiger charge is 2.15. The highest BCUT2D eigenvalue weighted by atomic mass is 79.9. The first-order valence-corrected chi connectivity index (χ1v) is 29.9. The number of aromatic carboxylic acids is 1. The summed E-state index contributed by atoms with van der Waals surface area (Å²) in [5.74, 6) is -0.862. The number of hydrogen-bond acceptors (Lipinski definition) is 12. The van der Waals surface area contributed by atoms with Crippen molar-refractivity contribution in [3.05, 3.63) is 99.4 Å². The minimum atomic E-state index is -0.892. The van der Waals surface area contributed by atoms with Crippen LogP contribution in [-0.2, 0) is 19.1 Å². The number of halogens is 6. The van der Waals surface area contributed by atoms with Crippen LogP contribution in [0.4, 0.5) is 0 Å². The molecule has 26 heteroatoms. The van der Waals surface area contributed by atoms with Crippen molar-refractivity contribution >= 4 is 210 Å². The van der Waals surface area contributed by atoms with Crippen molar-refractivity contribution in [3.8, 4) is 0 Å². The fraction of sp³-hybridized carbons (Fsp3) is 0.547. The molecule has 0 aromatic carbocycles. The molecule has 0 bridgehead atoms. The largest absolute Gasteiger partial charge is 0.477 e. The number of hydrogen-bond donors (Lipinski definition) is 2. The molecular weight excluding hydrogens is 1440 g/mol. The number of nitrogens with zero attached hydrogens (tertiary/aromatic N) is 1. The van der Waals surface area contributed by atoms with Crippen molar-refractivity contribution in [1.29, 1.82) is 0 Å². The van der Waals surface area contributed by atoms with Crippen molar-refractivity contribution in [1.82, 2.24) is 4.90 Å². The molecule has 9 radical (unpaired) electrons. The minimum Gasteiger partial charge on any atom is -0.477 e. The molecule has 0 unspecified atom stereocenters. The lowest BCUT2D eigenvalue weighted by Crippen LogP contribution is -2.43. The fourth-order valence-electron chi connectivity index (χ4n) is 3.11. The smallest absolute Gasteiger partial charge is 0.345 e. The van der Waals surface area contributed by atoms with Gasteiger partial charge in [0.05, 0.1) is 21.1 Å². The Morgan fingerprint density at radius 1 is 0.658 bits per heavy atom. The first kappa shape index (κ1) is 106. The van der Waals surface area contributed by atoms with Gasteiger partial charge in [0, 0.05) is 83.5 Å². The molecule has 0 spiro atoms. The van der Waals surface area contributed by atoms with Crippen molar-refractivity contribution in [2.75, 3.05) is 27.2 Å². The molecule has 0 fully saturated rings. The number of carbonyl (C=O) groups excluding carboxylic acids is 4. The van der Waals surface area contributed by atoms with Gasteiger partial charge in [-0.25, -0.2) is 4.79 Å². The predicted molar refractivity (Wildman–Crippen MR) is 381 cm³/mol. The Balaban J connectivity index is -0.0000000641. The lowest BCUT2D eigenvalue weighted by Gasteiger charge is -2.18. The summed E-state index contributed by atoms with van der Waals surface area (Å²) in [5.41, 5.74) is 16.6. The average Bonchev–Trinajstić information content (AvgIpc) is 3.99. The Labute approximate surface area is 551 Å². The van der Waals surface area contributed by atoms with Crippen molar-refractivity contribution < 1.29 is 38.6 Å². The summed E-state index contributed by atoms with van der Waals surface area (Å²) in [6.45, 7) is 34.6. The van der Waals surface area contributed by atoms with E-state index in [1.54, 1.807) is 26.8 Å². The number of carboxylic acid groups (broad SMARTS) is 1. The van der Waals surface area contributed by atoms with Crippen LogP contribution < -0.4 is 5.73 Å². The second-order valence-electron chi connectivity index (χ2n) is 15.2. The second-order valence-corrected chi connectivity index (χ2v) is 24.9. The summed E-state index contributed by atoms with van der Waals surface area (Å²) in [6, 6.07) is 5.23. The molecule has 0 aliphatic heterocycles. The topological polar surface area (TPSA) is 153 Å². The minimum absolute atomic E-state index is 0. The van der Waals surface area contributed by atoms with Crippen LogP contribution in [0.1, 0.15) is 189 Å². The number of nitrogens with two attached hydrogens (primary N) is 1. The van der Waals surface area contributed by atoms with Gasteiger partial charge in [0.2, 0.25) is 0 Å². The van der Waals surface area contributed by atoms with Gasteiger partial charge in [-0.3, -0.25) is 19.2 Å². The molecule has 0 aliphatic carbocycles. The van der Waals surface area contributed by atoms with Gasteiger partial charge >= 0.3 is 17.9 Å². The molecule has 0 saturated carbocycles. The van der Waals surface area contributed by atoms with Gasteiger partial charge in [0.1, 0.15) is 16.1 Å². The van der Waals surface area contributed by atoms with E-state index in [1.807, 2.05) is 88.3 Å². The zero-order valence-electron chi connectivity index (χ0n) is 45.8. The molecule has 441 valence electrons. The normalized spacial score (nSPS) is 8.46. The summed E-state index contributed by atoms with van der Waals surface area (Å²) in [7, 11) is 25.7. The number of ether oxygens (including phenoxy) is 2. The Morgan fingerprint density at radius 2 is 0.975 bits per heavy atom. The highest BCUT2D eigenvalue weighted by molar-refractivity contribution is 9.14. The summed E-state index contributed by atoms with van der Waals surface area (Å²) in [4.78, 5) is 57.5. The molecule has 10 nitrogen and oxygen atoms in total. The predicted octanol–water partition coefficient (Wildman–Crippen LogP) is 17.8. The average molecular weight is 1530 g/mol. The van der Waals surface area contributed by atoms with Crippen LogP contribution in [0.2, 0.25) is 0 Å². The number of carbonyl (C=O) groups is 5. The fourth-order valence-corrected chi connectivity index (χ4v) is 8.96. The standard InChI is InChI=1S/C7H6Br2OS.2C7H14O2.C7H4.C6H4Br2OS.C5H2Br2O2S.C5H14N2.2C2H6.5CH4.B7/c1-2-5(10)6-3-4(8)7(9)11-6;2*1-5-6(8)9-7(2,3)4;1-3-5-7-6-4-2;1-3(9)5-2-4(7)6(8)10-5;6-2-1-3(5(8)9)10-4(2)7;1-7(2)5-3-4-6;2*1-2;;;;;;1-5-7(4)6(2)3/h3H,2H2,1H3;2*5H2,1-4H3;1-2H2;2H,1H3;1H,(H,8,9);3-6H2,1-2H3;2*1-2H3;5*1H4;. The molecule has 3 aromatic rings. The van der Waals surface area contributed by atoms with E-state index in [1.165, 1.54) is 41.1 Å². The van der Waals surface area contributed by atoms with Crippen LogP contribution in [0.3, 0.4) is 0 Å². The van der Waals surface area contributed by atoms with Gasteiger partial charge in [-0.05, 0) is 226 Å². The molecular formula is C53H90B7Br6N2O8S3. The van der Waals surface area contributed by atoms with E-state index in [9.17, 15) is 24.0 Å². The number of rotatable bonds is 11. The summed E-state index contributed by atoms with van der Waals surface area (Å²) in [5, 5.41) is 8.49. The van der Waals surface area contributed by atoms with Crippen LogP contribution >= 0.6 is 130 Å². The van der Waals surface area contributed by atoms with Gasteiger partial charge in [-0.1, -0.05) is 97.1 Å². The van der Waals surface area contributed by atoms with E-state index in [2.05, 4.69) is 156 Å². The van der Waals surface area contributed by atoms with Gasteiger partial charge in [-0.2, -0.15) is 0 Å². The number of carboxylic acids is 1. The first-order valence-electron chi connectivity index (χ1n) is 22.7. The molecule has 3 aromatic heterocycles. The molecule has 3 heterocycles. The zero-order valence-corrected chi connectivity index (χ0v) is 57.7. The van der Waals surface area contributed by atoms with Crippen molar-refractivity contribution in [3.63, 3.8) is 0 Å². The number of ketones is 2. The van der Waals surface area contributed by atoms with Crippen LogP contribution in [0.15, 0.2) is 84.8 Å². The molecule has 79 heavy (non-hydrogen) atoms. The monoisotopic (exact) mass is 1530 g/mol. The number of Topliss-reactive ketones (excluding diaryl/α,β-unsaturated/α-hetero) is 2. The van der Waals surface area contributed by atoms with Gasteiger partial charge in [0.25, 0.3) is 0 Å². The van der Waals surface area contributed by atoms with Crippen LogP contribution in [0.5, 0.6) is 0 Å². The van der Waals surface area contributed by atoms with E-state index in [0.717, 1.165) is 54.0 Å². The Kier molecular flexibility index (Phi) is 88.4. The van der Waals surface area contributed by atoms with Crippen molar-refractivity contribution in [2.24, 2.45) is 5.73 Å². The summed E-state index contributed by atoms with van der Waals surface area (Å²) >= 11 is 23.7. The molecule has 0 aliphatic rings. The Bertz CT molecular complexity index is 2040. The highest BCUT2D eigenvalue weighted by Crippen LogP contribution is 2.34.